The lowest BCUT2D eigenvalue weighted by Crippen LogP contribution is -2.39. The molecule has 0 aliphatic carbocycles. The zero-order valence-electron chi connectivity index (χ0n) is 9.69. The number of nitrogens with one attached hydrogen (secondary N) is 1. The molecule has 0 radical (unpaired) electrons. The number of halogens is 1. The number of amides is 1. The molecule has 2 nitrogen and oxygen atoms in total. The number of rotatable bonds is 6. The average molecular weight is 264 g/mol. The van der Waals surface area contributed by atoms with Gasteiger partial charge < -0.3 is 5.32 Å². The second-order valence-electron chi connectivity index (χ2n) is 4.21. The fraction of sp³-hybridized carbons (Fsp3) is 0.909. The summed E-state index contributed by atoms with van der Waals surface area (Å²) in [5, 5.41) is 3.96. The van der Waals surface area contributed by atoms with Crippen LogP contribution in [-0.4, -0.2) is 17.8 Å². The third-order valence-corrected chi connectivity index (χ3v) is 4.13. The van der Waals surface area contributed by atoms with Gasteiger partial charge in [0.05, 0.1) is 0 Å². The van der Waals surface area contributed by atoms with E-state index in [1.54, 1.807) is 0 Å². The van der Waals surface area contributed by atoms with E-state index in [4.69, 9.17) is 0 Å². The van der Waals surface area contributed by atoms with Crippen molar-refractivity contribution in [3.8, 4) is 0 Å². The molecule has 0 rings (SSSR count). The highest BCUT2D eigenvalue weighted by Gasteiger charge is 2.25. The zero-order chi connectivity index (χ0) is 11.2. The number of carbonyl (C=O) groups is 1. The minimum atomic E-state index is 0.0803. The Morgan fingerprint density at radius 1 is 1.36 bits per heavy atom. The molecule has 0 unspecified atom stereocenters. The summed E-state index contributed by atoms with van der Waals surface area (Å²) in [6.45, 7) is 8.97. The van der Waals surface area contributed by atoms with Crippen molar-refractivity contribution in [1.29, 1.82) is 0 Å². The molecule has 0 spiro atoms. The van der Waals surface area contributed by atoms with Crippen molar-refractivity contribution in [3.63, 3.8) is 0 Å². The molecule has 1 N–H and O–H groups in total. The molecule has 0 heterocycles. The predicted octanol–water partition coefficient (Wildman–Crippen LogP) is 2.96. The van der Waals surface area contributed by atoms with Gasteiger partial charge in [-0.25, -0.2) is 0 Å². The van der Waals surface area contributed by atoms with E-state index in [2.05, 4.69) is 35.1 Å². The summed E-state index contributed by atoms with van der Waals surface area (Å²) in [6, 6.07) is 0. The van der Waals surface area contributed by atoms with Crippen molar-refractivity contribution in [3.05, 3.63) is 0 Å². The molecule has 0 aromatic carbocycles. The normalized spacial score (nSPS) is 11.9. The Labute approximate surface area is 96.0 Å². The van der Waals surface area contributed by atoms with E-state index in [1.807, 2.05) is 13.8 Å². The number of hydrogen-bond acceptors (Lipinski definition) is 1. The lowest BCUT2D eigenvalue weighted by molar-refractivity contribution is -0.124. The molecule has 3 heteroatoms. The summed E-state index contributed by atoms with van der Waals surface area (Å²) >= 11 is 3.53. The molecule has 0 saturated heterocycles. The molecule has 0 aliphatic rings. The first-order chi connectivity index (χ1) is 6.51. The Balaban J connectivity index is 4.12. The maximum atomic E-state index is 11.4. The van der Waals surface area contributed by atoms with Gasteiger partial charge in [0.1, 0.15) is 0 Å². The molecule has 0 aliphatic heterocycles. The van der Waals surface area contributed by atoms with Crippen LogP contribution >= 0.6 is 15.9 Å². The lowest BCUT2D eigenvalue weighted by Gasteiger charge is -2.30. The van der Waals surface area contributed by atoms with Crippen LogP contribution in [0.5, 0.6) is 0 Å². The van der Waals surface area contributed by atoms with Gasteiger partial charge in [0.15, 0.2) is 0 Å². The smallest absolute Gasteiger partial charge is 0.222 e. The largest absolute Gasteiger partial charge is 0.355 e. The Bertz CT molecular complexity index is 168. The van der Waals surface area contributed by atoms with Gasteiger partial charge in [-0.05, 0) is 18.3 Å². The molecule has 0 aromatic heterocycles. The highest BCUT2D eigenvalue weighted by molar-refractivity contribution is 9.09. The van der Waals surface area contributed by atoms with Crippen molar-refractivity contribution in [2.24, 2.45) is 11.3 Å². The van der Waals surface area contributed by atoms with Crippen LogP contribution in [0, 0.1) is 11.3 Å². The molecule has 14 heavy (non-hydrogen) atoms. The molecule has 0 fully saturated rings. The third kappa shape index (κ3) is 3.99. The van der Waals surface area contributed by atoms with Crippen LogP contribution in [-0.2, 0) is 4.79 Å². The highest BCUT2D eigenvalue weighted by atomic mass is 79.9. The van der Waals surface area contributed by atoms with Crippen molar-refractivity contribution >= 4 is 21.8 Å². The second kappa shape index (κ2) is 6.44. The number of alkyl halides is 1. The fourth-order valence-corrected chi connectivity index (χ4v) is 2.21. The minimum Gasteiger partial charge on any atom is -0.355 e. The van der Waals surface area contributed by atoms with E-state index in [0.717, 1.165) is 24.7 Å². The topological polar surface area (TPSA) is 29.1 Å². The van der Waals surface area contributed by atoms with E-state index < -0.39 is 0 Å². The van der Waals surface area contributed by atoms with Crippen molar-refractivity contribution < 1.29 is 4.79 Å². The Morgan fingerprint density at radius 2 is 1.86 bits per heavy atom. The van der Waals surface area contributed by atoms with Crippen molar-refractivity contribution in [2.75, 3.05) is 11.9 Å². The monoisotopic (exact) mass is 263 g/mol. The summed E-state index contributed by atoms with van der Waals surface area (Å²) in [5.74, 6) is 0.231. The van der Waals surface area contributed by atoms with Crippen LogP contribution < -0.4 is 5.32 Å². The summed E-state index contributed by atoms with van der Waals surface area (Å²) in [4.78, 5) is 11.4. The maximum absolute atomic E-state index is 11.4. The molecule has 0 atom stereocenters. The van der Waals surface area contributed by atoms with E-state index in [0.29, 0.717) is 0 Å². The van der Waals surface area contributed by atoms with Gasteiger partial charge in [-0.2, -0.15) is 0 Å². The van der Waals surface area contributed by atoms with Gasteiger partial charge in [0.2, 0.25) is 5.91 Å². The summed E-state index contributed by atoms with van der Waals surface area (Å²) in [5.41, 5.74) is 0.227. The summed E-state index contributed by atoms with van der Waals surface area (Å²) in [7, 11) is 0. The minimum absolute atomic E-state index is 0.0803. The van der Waals surface area contributed by atoms with Crippen molar-refractivity contribution in [2.45, 2.75) is 40.5 Å². The van der Waals surface area contributed by atoms with Gasteiger partial charge in [-0.15, -0.1) is 0 Å². The zero-order valence-corrected chi connectivity index (χ0v) is 11.3. The molecule has 0 saturated carbocycles. The van der Waals surface area contributed by atoms with Crippen LogP contribution in [0.15, 0.2) is 0 Å². The molecule has 1 amide bonds. The first-order valence-corrected chi connectivity index (χ1v) is 6.47. The van der Waals surface area contributed by atoms with Crippen LogP contribution in [0.2, 0.25) is 0 Å². The standard InChI is InChI=1S/C11H22BrNO/c1-5-11(6-2,7-12)8-13-10(14)9(3)4/h9H,5-8H2,1-4H3,(H,13,14). The highest BCUT2D eigenvalue weighted by Crippen LogP contribution is 2.27. The maximum Gasteiger partial charge on any atom is 0.222 e. The summed E-state index contributed by atoms with van der Waals surface area (Å²) in [6.07, 6.45) is 2.18. The molecular weight excluding hydrogens is 242 g/mol. The van der Waals surface area contributed by atoms with Crippen LogP contribution in [0.1, 0.15) is 40.5 Å². The molecule has 0 aromatic rings. The Kier molecular flexibility index (Phi) is 6.41. The first-order valence-electron chi connectivity index (χ1n) is 5.35. The second-order valence-corrected chi connectivity index (χ2v) is 4.77. The van der Waals surface area contributed by atoms with E-state index >= 15 is 0 Å². The average Bonchev–Trinajstić information content (AvgIpc) is 2.20. The fourth-order valence-electron chi connectivity index (χ4n) is 1.21. The van der Waals surface area contributed by atoms with Crippen LogP contribution in [0.3, 0.4) is 0 Å². The van der Waals surface area contributed by atoms with E-state index in [9.17, 15) is 4.79 Å². The number of carbonyl (C=O) groups excluding carboxylic acids is 1. The quantitative estimate of drug-likeness (QED) is 0.734. The van der Waals surface area contributed by atoms with Crippen molar-refractivity contribution in [1.82, 2.24) is 5.32 Å². The molecular formula is C11H22BrNO. The predicted molar refractivity (Wildman–Crippen MR) is 64.7 cm³/mol. The van der Waals surface area contributed by atoms with Gasteiger partial charge in [0, 0.05) is 17.8 Å². The summed E-state index contributed by atoms with van der Waals surface area (Å²) < 4.78 is 0. The number of hydrogen-bond donors (Lipinski definition) is 1. The van der Waals surface area contributed by atoms with Gasteiger partial charge >= 0.3 is 0 Å². The van der Waals surface area contributed by atoms with Crippen LogP contribution in [0.25, 0.3) is 0 Å². The lowest BCUT2D eigenvalue weighted by atomic mass is 9.84. The van der Waals surface area contributed by atoms with Gasteiger partial charge in [-0.1, -0.05) is 43.6 Å². The van der Waals surface area contributed by atoms with Crippen LogP contribution in [0.4, 0.5) is 0 Å². The first kappa shape index (κ1) is 13.9. The van der Waals surface area contributed by atoms with E-state index in [1.165, 1.54) is 0 Å². The SMILES string of the molecule is CCC(CC)(CBr)CNC(=O)C(C)C. The Morgan fingerprint density at radius 3 is 2.14 bits per heavy atom. The van der Waals surface area contributed by atoms with Gasteiger partial charge in [-0.3, -0.25) is 4.79 Å². The molecule has 0 bridgehead atoms. The third-order valence-electron chi connectivity index (χ3n) is 2.95. The van der Waals surface area contributed by atoms with Gasteiger partial charge in [0.25, 0.3) is 0 Å². The Hall–Kier alpha value is -0.0500. The molecule has 84 valence electrons. The van der Waals surface area contributed by atoms with E-state index in [-0.39, 0.29) is 17.2 Å².